The number of nitrogens with zero attached hydrogens (tertiary/aromatic N) is 3. The molecular weight excluding hydrogens is 270 g/mol. The summed E-state index contributed by atoms with van der Waals surface area (Å²) in [5.74, 6) is 1.69. The number of alkyl halides is 1. The van der Waals surface area contributed by atoms with E-state index >= 15 is 0 Å². The first kappa shape index (κ1) is 15.3. The van der Waals surface area contributed by atoms with Crippen LogP contribution in [0.2, 0.25) is 0 Å². The molecule has 3 nitrogen and oxygen atoms in total. The standard InChI is InChI=1S/C16H24ClN3/c1-3-5-8-13(7-4-2)20-15(10-11-17)19-14-9-6-12-18-16(14)20/h6,9,12-13H,3-5,7-8,10-11H2,1-2H3. The van der Waals surface area contributed by atoms with E-state index in [-0.39, 0.29) is 0 Å². The van der Waals surface area contributed by atoms with E-state index in [9.17, 15) is 0 Å². The number of imidazole rings is 1. The van der Waals surface area contributed by atoms with Crippen molar-refractivity contribution >= 4 is 22.8 Å². The van der Waals surface area contributed by atoms with Crippen molar-refractivity contribution in [3.05, 3.63) is 24.2 Å². The van der Waals surface area contributed by atoms with Gasteiger partial charge in [-0.15, -0.1) is 11.6 Å². The molecule has 0 aliphatic rings. The molecule has 0 N–H and O–H groups in total. The SMILES string of the molecule is CCCCC(CCC)n1c(CCCl)nc2cccnc21. The number of hydrogen-bond acceptors (Lipinski definition) is 2. The molecule has 0 saturated carbocycles. The maximum absolute atomic E-state index is 5.95. The summed E-state index contributed by atoms with van der Waals surface area (Å²) in [4.78, 5) is 9.28. The highest BCUT2D eigenvalue weighted by atomic mass is 35.5. The number of pyridine rings is 1. The first-order chi connectivity index (χ1) is 9.81. The molecule has 2 aromatic heterocycles. The van der Waals surface area contributed by atoms with Gasteiger partial charge in [0.25, 0.3) is 0 Å². The molecule has 0 fully saturated rings. The second-order valence-electron chi connectivity index (χ2n) is 5.27. The largest absolute Gasteiger partial charge is 0.310 e. The smallest absolute Gasteiger partial charge is 0.160 e. The lowest BCUT2D eigenvalue weighted by molar-refractivity contribution is 0.414. The highest BCUT2D eigenvalue weighted by molar-refractivity contribution is 6.17. The summed E-state index contributed by atoms with van der Waals surface area (Å²) in [5.41, 5.74) is 2.01. The molecule has 1 unspecified atom stereocenters. The lowest BCUT2D eigenvalue weighted by atomic mass is 10.0. The lowest BCUT2D eigenvalue weighted by Crippen LogP contribution is -2.13. The van der Waals surface area contributed by atoms with Crippen molar-refractivity contribution in [1.29, 1.82) is 0 Å². The third kappa shape index (κ3) is 3.32. The fourth-order valence-electron chi connectivity index (χ4n) is 2.80. The van der Waals surface area contributed by atoms with Crippen LogP contribution in [0.25, 0.3) is 11.2 Å². The number of unbranched alkanes of at least 4 members (excludes halogenated alkanes) is 1. The fourth-order valence-corrected chi connectivity index (χ4v) is 2.97. The molecule has 110 valence electrons. The highest BCUT2D eigenvalue weighted by Crippen LogP contribution is 2.27. The molecule has 0 aromatic carbocycles. The van der Waals surface area contributed by atoms with Crippen LogP contribution in [0.3, 0.4) is 0 Å². The molecule has 0 saturated heterocycles. The minimum atomic E-state index is 0.498. The summed E-state index contributed by atoms with van der Waals surface area (Å²) < 4.78 is 2.34. The molecule has 0 bridgehead atoms. The van der Waals surface area contributed by atoms with Crippen molar-refractivity contribution in [3.63, 3.8) is 0 Å². The Bertz CT molecular complexity index is 536. The molecule has 2 aromatic rings. The van der Waals surface area contributed by atoms with Crippen LogP contribution in [-0.4, -0.2) is 20.4 Å². The van der Waals surface area contributed by atoms with Crippen molar-refractivity contribution in [3.8, 4) is 0 Å². The summed E-state index contributed by atoms with van der Waals surface area (Å²) in [5, 5.41) is 0. The summed E-state index contributed by atoms with van der Waals surface area (Å²) in [6.45, 7) is 4.49. The van der Waals surface area contributed by atoms with Crippen LogP contribution in [0.5, 0.6) is 0 Å². The lowest BCUT2D eigenvalue weighted by Gasteiger charge is -2.20. The Morgan fingerprint density at radius 3 is 2.80 bits per heavy atom. The maximum atomic E-state index is 5.95. The number of aryl methyl sites for hydroxylation is 1. The zero-order valence-corrected chi connectivity index (χ0v) is 13.2. The van der Waals surface area contributed by atoms with Crippen LogP contribution in [0.4, 0.5) is 0 Å². The normalized spacial score (nSPS) is 12.9. The summed E-state index contributed by atoms with van der Waals surface area (Å²) >= 11 is 5.95. The Hall–Kier alpha value is -1.09. The van der Waals surface area contributed by atoms with Crippen LogP contribution >= 0.6 is 11.6 Å². The topological polar surface area (TPSA) is 30.7 Å². The predicted octanol–water partition coefficient (Wildman–Crippen LogP) is 4.74. The van der Waals surface area contributed by atoms with Gasteiger partial charge in [0.05, 0.1) is 0 Å². The number of aromatic nitrogens is 3. The molecular formula is C16H24ClN3. The van der Waals surface area contributed by atoms with Crippen LogP contribution in [0.15, 0.2) is 18.3 Å². The van der Waals surface area contributed by atoms with Crippen LogP contribution in [-0.2, 0) is 6.42 Å². The Morgan fingerprint density at radius 1 is 1.25 bits per heavy atom. The van der Waals surface area contributed by atoms with Gasteiger partial charge >= 0.3 is 0 Å². The van der Waals surface area contributed by atoms with Gasteiger partial charge in [0.15, 0.2) is 5.65 Å². The zero-order valence-electron chi connectivity index (χ0n) is 12.5. The average Bonchev–Trinajstić information content (AvgIpc) is 2.82. The zero-order chi connectivity index (χ0) is 14.4. The first-order valence-electron chi connectivity index (χ1n) is 7.69. The summed E-state index contributed by atoms with van der Waals surface area (Å²) in [6, 6.07) is 4.49. The molecule has 20 heavy (non-hydrogen) atoms. The number of rotatable bonds is 8. The van der Waals surface area contributed by atoms with Crippen molar-refractivity contribution < 1.29 is 0 Å². The molecule has 2 rings (SSSR count). The van der Waals surface area contributed by atoms with E-state index in [1.54, 1.807) is 0 Å². The highest BCUT2D eigenvalue weighted by Gasteiger charge is 2.18. The molecule has 4 heteroatoms. The molecule has 2 heterocycles. The fraction of sp³-hybridized carbons (Fsp3) is 0.625. The molecule has 0 aliphatic heterocycles. The second kappa shape index (κ2) is 7.63. The molecule has 0 aliphatic carbocycles. The Morgan fingerprint density at radius 2 is 2.10 bits per heavy atom. The quantitative estimate of drug-likeness (QED) is 0.658. The number of hydrogen-bond donors (Lipinski definition) is 0. The first-order valence-corrected chi connectivity index (χ1v) is 8.23. The van der Waals surface area contributed by atoms with Gasteiger partial charge in [0, 0.05) is 24.5 Å². The van der Waals surface area contributed by atoms with Gasteiger partial charge in [0.2, 0.25) is 0 Å². The minimum absolute atomic E-state index is 0.498. The van der Waals surface area contributed by atoms with E-state index in [0.29, 0.717) is 11.9 Å². The van der Waals surface area contributed by atoms with Crippen molar-refractivity contribution in [2.75, 3.05) is 5.88 Å². The molecule has 0 radical (unpaired) electrons. The van der Waals surface area contributed by atoms with Gasteiger partial charge in [-0.2, -0.15) is 0 Å². The van der Waals surface area contributed by atoms with Crippen molar-refractivity contribution in [2.45, 2.75) is 58.4 Å². The molecule has 0 spiro atoms. The van der Waals surface area contributed by atoms with Gasteiger partial charge in [-0.3, -0.25) is 0 Å². The van der Waals surface area contributed by atoms with Crippen molar-refractivity contribution in [2.24, 2.45) is 0 Å². The molecule has 1 atom stereocenters. The van der Waals surface area contributed by atoms with Gasteiger partial charge in [-0.1, -0.05) is 33.1 Å². The minimum Gasteiger partial charge on any atom is -0.310 e. The average molecular weight is 294 g/mol. The third-order valence-corrected chi connectivity index (χ3v) is 3.91. The van der Waals surface area contributed by atoms with E-state index in [2.05, 4.69) is 23.4 Å². The summed E-state index contributed by atoms with van der Waals surface area (Å²) in [6.07, 6.45) is 8.70. The van der Waals surface area contributed by atoms with E-state index in [1.807, 2.05) is 18.3 Å². The van der Waals surface area contributed by atoms with Crippen molar-refractivity contribution in [1.82, 2.24) is 14.5 Å². The van der Waals surface area contributed by atoms with Crippen LogP contribution in [0.1, 0.15) is 57.8 Å². The van der Waals surface area contributed by atoms with E-state index in [4.69, 9.17) is 16.6 Å². The van der Waals surface area contributed by atoms with E-state index in [0.717, 1.165) is 23.4 Å². The second-order valence-corrected chi connectivity index (χ2v) is 5.65. The third-order valence-electron chi connectivity index (χ3n) is 3.72. The van der Waals surface area contributed by atoms with Crippen LogP contribution in [0, 0.1) is 0 Å². The number of fused-ring (bicyclic) bond motifs is 1. The molecule has 0 amide bonds. The van der Waals surface area contributed by atoms with E-state index in [1.165, 1.54) is 32.1 Å². The Labute approximate surface area is 126 Å². The number of halogens is 1. The monoisotopic (exact) mass is 293 g/mol. The van der Waals surface area contributed by atoms with E-state index < -0.39 is 0 Å². The Kier molecular flexibility index (Phi) is 5.84. The Balaban J connectivity index is 2.43. The van der Waals surface area contributed by atoms with Gasteiger partial charge < -0.3 is 4.57 Å². The van der Waals surface area contributed by atoms with Gasteiger partial charge in [-0.25, -0.2) is 9.97 Å². The van der Waals surface area contributed by atoms with Gasteiger partial charge in [-0.05, 0) is 25.0 Å². The van der Waals surface area contributed by atoms with Crippen LogP contribution < -0.4 is 0 Å². The van der Waals surface area contributed by atoms with Gasteiger partial charge in [0.1, 0.15) is 11.3 Å². The summed E-state index contributed by atoms with van der Waals surface area (Å²) in [7, 11) is 0. The predicted molar refractivity (Wildman–Crippen MR) is 85.4 cm³/mol. The maximum Gasteiger partial charge on any atom is 0.160 e.